The van der Waals surface area contributed by atoms with Crippen LogP contribution in [-0.4, -0.2) is 20.6 Å². The minimum absolute atomic E-state index is 0.278. The van der Waals surface area contributed by atoms with Gasteiger partial charge in [0.1, 0.15) is 5.82 Å². The number of nitrogens with zero attached hydrogens (tertiary/aromatic N) is 2. The first-order valence-electron chi connectivity index (χ1n) is 6.36. The molecule has 2 aromatic heterocycles. The van der Waals surface area contributed by atoms with Gasteiger partial charge in [0.05, 0.1) is 16.6 Å². The van der Waals surface area contributed by atoms with Crippen molar-refractivity contribution in [3.8, 4) is 0 Å². The number of hydrogen-bond acceptors (Lipinski definition) is 3. The maximum atomic E-state index is 11.0. The Morgan fingerprint density at radius 2 is 2.25 bits per heavy atom. The normalized spacial score (nSPS) is 11.1. The third-order valence-electron chi connectivity index (χ3n) is 3.39. The summed E-state index contributed by atoms with van der Waals surface area (Å²) < 4.78 is 2.14. The molecule has 0 saturated carbocycles. The van der Waals surface area contributed by atoms with Gasteiger partial charge in [-0.25, -0.2) is 9.78 Å². The number of rotatable bonds is 4. The van der Waals surface area contributed by atoms with Crippen LogP contribution < -0.4 is 0 Å². The molecule has 0 unspecified atom stereocenters. The Labute approximate surface area is 120 Å². The zero-order valence-corrected chi connectivity index (χ0v) is 11.9. The van der Waals surface area contributed by atoms with Crippen LogP contribution in [0.3, 0.4) is 0 Å². The van der Waals surface area contributed by atoms with E-state index in [0.29, 0.717) is 0 Å². The maximum Gasteiger partial charge on any atom is 0.335 e. The summed E-state index contributed by atoms with van der Waals surface area (Å²) in [7, 11) is 0. The molecule has 5 heteroatoms. The van der Waals surface area contributed by atoms with E-state index in [0.717, 1.165) is 29.8 Å². The molecule has 4 nitrogen and oxygen atoms in total. The molecule has 0 atom stereocenters. The number of aryl methyl sites for hydroxylation is 3. The topological polar surface area (TPSA) is 55.1 Å². The molecule has 0 fully saturated rings. The monoisotopic (exact) mass is 286 g/mol. The predicted octanol–water partition coefficient (Wildman–Crippen LogP) is 3.35. The fourth-order valence-corrected chi connectivity index (χ4v) is 3.04. The Hall–Kier alpha value is -2.14. The molecule has 0 radical (unpaired) electrons. The van der Waals surface area contributed by atoms with Gasteiger partial charge in [-0.3, -0.25) is 0 Å². The van der Waals surface area contributed by atoms with Crippen molar-refractivity contribution in [2.75, 3.05) is 0 Å². The van der Waals surface area contributed by atoms with Crippen molar-refractivity contribution in [2.45, 2.75) is 19.9 Å². The summed E-state index contributed by atoms with van der Waals surface area (Å²) in [5, 5.41) is 13.2. The van der Waals surface area contributed by atoms with Gasteiger partial charge in [-0.05, 0) is 53.9 Å². The highest BCUT2D eigenvalue weighted by Gasteiger charge is 2.10. The van der Waals surface area contributed by atoms with Crippen LogP contribution in [-0.2, 0) is 13.0 Å². The van der Waals surface area contributed by atoms with E-state index in [-0.39, 0.29) is 5.56 Å². The summed E-state index contributed by atoms with van der Waals surface area (Å²) in [6.07, 6.45) is 0.955. The number of hydrogen-bond donors (Lipinski definition) is 1. The van der Waals surface area contributed by atoms with Crippen molar-refractivity contribution in [1.82, 2.24) is 9.55 Å². The van der Waals surface area contributed by atoms with E-state index in [1.54, 1.807) is 23.5 Å². The highest BCUT2D eigenvalue weighted by Crippen LogP contribution is 2.19. The minimum atomic E-state index is -0.919. The van der Waals surface area contributed by atoms with Gasteiger partial charge < -0.3 is 9.67 Å². The molecule has 0 aliphatic carbocycles. The summed E-state index contributed by atoms with van der Waals surface area (Å²) in [6, 6.07) is 7.23. The van der Waals surface area contributed by atoms with E-state index in [2.05, 4.69) is 26.4 Å². The van der Waals surface area contributed by atoms with Crippen molar-refractivity contribution < 1.29 is 9.90 Å². The molecule has 20 heavy (non-hydrogen) atoms. The lowest BCUT2D eigenvalue weighted by Crippen LogP contribution is -2.03. The Balaban J connectivity index is 1.94. The van der Waals surface area contributed by atoms with Crippen molar-refractivity contribution in [3.05, 3.63) is 52.0 Å². The number of carboxylic acids is 1. The lowest BCUT2D eigenvalue weighted by Gasteiger charge is -2.06. The second-order valence-corrected chi connectivity index (χ2v) is 5.48. The highest BCUT2D eigenvalue weighted by atomic mass is 32.1. The van der Waals surface area contributed by atoms with Crippen LogP contribution in [0.2, 0.25) is 0 Å². The SMILES string of the molecule is Cc1nc2cc(C(=O)O)ccc2n1CCc1ccsc1. The Kier molecular flexibility index (Phi) is 3.28. The van der Waals surface area contributed by atoms with Gasteiger partial charge in [0.2, 0.25) is 0 Å². The van der Waals surface area contributed by atoms with E-state index < -0.39 is 5.97 Å². The molecule has 1 aromatic carbocycles. The van der Waals surface area contributed by atoms with Crippen LogP contribution in [0.15, 0.2) is 35.0 Å². The quantitative estimate of drug-likeness (QED) is 0.800. The number of carbonyl (C=O) groups is 1. The molecular weight excluding hydrogens is 272 g/mol. The average molecular weight is 286 g/mol. The van der Waals surface area contributed by atoms with Crippen LogP contribution in [0, 0.1) is 6.92 Å². The molecule has 3 rings (SSSR count). The van der Waals surface area contributed by atoms with Gasteiger partial charge in [0, 0.05) is 6.54 Å². The third-order valence-corrected chi connectivity index (χ3v) is 4.12. The molecule has 0 aliphatic heterocycles. The van der Waals surface area contributed by atoms with Gasteiger partial charge in [-0.2, -0.15) is 11.3 Å². The molecule has 0 spiro atoms. The predicted molar refractivity (Wildman–Crippen MR) is 79.5 cm³/mol. The summed E-state index contributed by atoms with van der Waals surface area (Å²) >= 11 is 1.70. The van der Waals surface area contributed by atoms with Crippen molar-refractivity contribution in [2.24, 2.45) is 0 Å². The number of aromatic nitrogens is 2. The smallest absolute Gasteiger partial charge is 0.335 e. The number of thiophene rings is 1. The molecule has 102 valence electrons. The third kappa shape index (κ3) is 2.32. The van der Waals surface area contributed by atoms with Crippen LogP contribution in [0.1, 0.15) is 21.7 Å². The first-order chi connectivity index (χ1) is 9.65. The molecular formula is C15H14N2O2S. The average Bonchev–Trinajstić information content (AvgIpc) is 3.02. The Bertz CT molecular complexity index is 760. The number of benzene rings is 1. The fraction of sp³-hybridized carbons (Fsp3) is 0.200. The highest BCUT2D eigenvalue weighted by molar-refractivity contribution is 7.07. The first-order valence-corrected chi connectivity index (χ1v) is 7.30. The summed E-state index contributed by atoms with van der Waals surface area (Å²) in [6.45, 7) is 2.81. The number of fused-ring (bicyclic) bond motifs is 1. The van der Waals surface area contributed by atoms with Gasteiger partial charge >= 0.3 is 5.97 Å². The zero-order chi connectivity index (χ0) is 14.1. The van der Waals surface area contributed by atoms with Crippen LogP contribution >= 0.6 is 11.3 Å². The van der Waals surface area contributed by atoms with E-state index in [1.807, 2.05) is 13.0 Å². The van der Waals surface area contributed by atoms with Gasteiger partial charge in [0.25, 0.3) is 0 Å². The molecule has 0 aliphatic rings. The van der Waals surface area contributed by atoms with Gasteiger partial charge in [-0.15, -0.1) is 0 Å². The van der Waals surface area contributed by atoms with E-state index in [9.17, 15) is 4.79 Å². The van der Waals surface area contributed by atoms with Crippen LogP contribution in [0.5, 0.6) is 0 Å². The molecule has 0 amide bonds. The summed E-state index contributed by atoms with van der Waals surface area (Å²) in [5.41, 5.74) is 3.33. The molecule has 3 aromatic rings. The Morgan fingerprint density at radius 3 is 2.95 bits per heavy atom. The number of imidazole rings is 1. The molecule has 2 heterocycles. The standard InChI is InChI=1S/C15H14N2O2S/c1-10-16-13-8-12(15(18)19)2-3-14(13)17(10)6-4-11-5-7-20-9-11/h2-3,5,7-9H,4,6H2,1H3,(H,18,19). The van der Waals surface area contributed by atoms with E-state index >= 15 is 0 Å². The fourth-order valence-electron chi connectivity index (χ4n) is 2.34. The van der Waals surface area contributed by atoms with Gasteiger partial charge in [0.15, 0.2) is 0 Å². The zero-order valence-electron chi connectivity index (χ0n) is 11.0. The van der Waals surface area contributed by atoms with E-state index in [1.165, 1.54) is 5.56 Å². The van der Waals surface area contributed by atoms with Gasteiger partial charge in [-0.1, -0.05) is 0 Å². The first kappa shape index (κ1) is 12.9. The number of carboxylic acid groups (broad SMARTS) is 1. The largest absolute Gasteiger partial charge is 0.478 e. The molecule has 1 N–H and O–H groups in total. The second-order valence-electron chi connectivity index (χ2n) is 4.70. The van der Waals surface area contributed by atoms with Crippen molar-refractivity contribution in [3.63, 3.8) is 0 Å². The lowest BCUT2D eigenvalue weighted by atomic mass is 10.2. The number of aromatic carboxylic acids is 1. The minimum Gasteiger partial charge on any atom is -0.478 e. The van der Waals surface area contributed by atoms with E-state index in [4.69, 9.17) is 5.11 Å². The summed E-state index contributed by atoms with van der Waals surface area (Å²) in [5.74, 6) is -0.00450. The van der Waals surface area contributed by atoms with Crippen molar-refractivity contribution in [1.29, 1.82) is 0 Å². The van der Waals surface area contributed by atoms with Crippen LogP contribution in [0.4, 0.5) is 0 Å². The second kappa shape index (κ2) is 5.09. The Morgan fingerprint density at radius 1 is 1.40 bits per heavy atom. The van der Waals surface area contributed by atoms with Crippen LogP contribution in [0.25, 0.3) is 11.0 Å². The van der Waals surface area contributed by atoms with Crippen molar-refractivity contribution >= 4 is 28.3 Å². The molecule has 0 saturated heterocycles. The maximum absolute atomic E-state index is 11.0. The summed E-state index contributed by atoms with van der Waals surface area (Å²) in [4.78, 5) is 15.4. The molecule has 0 bridgehead atoms. The lowest BCUT2D eigenvalue weighted by molar-refractivity contribution is 0.0697.